The fourth-order valence-corrected chi connectivity index (χ4v) is 4.72. The Kier molecular flexibility index (Phi) is 12.6. The number of nitrogens with two attached hydrogens (primary N) is 1. The summed E-state index contributed by atoms with van der Waals surface area (Å²) in [5.41, 5.74) is 3.81. The zero-order valence-electron chi connectivity index (χ0n) is 28.9. The lowest BCUT2D eigenvalue weighted by atomic mass is 10.0. The van der Waals surface area contributed by atoms with Crippen molar-refractivity contribution in [1.29, 1.82) is 0 Å². The molecule has 0 spiro atoms. The number of hydrogen-bond acceptors (Lipinski definition) is 10. The molecular weight excluding hydrogens is 698 g/mol. The Morgan fingerprint density at radius 1 is 1.02 bits per heavy atom. The van der Waals surface area contributed by atoms with Gasteiger partial charge in [-0.3, -0.25) is 9.59 Å². The Balaban J connectivity index is 1.64. The first-order chi connectivity index (χ1) is 24.4. The number of nitrogens with zero attached hydrogens (tertiary/aromatic N) is 1. The van der Waals surface area contributed by atoms with E-state index in [2.05, 4.69) is 25.7 Å². The second kappa shape index (κ2) is 16.6. The van der Waals surface area contributed by atoms with Crippen LogP contribution >= 0.6 is 0 Å². The van der Waals surface area contributed by atoms with Crippen LogP contribution in [0.1, 0.15) is 81.4 Å². The van der Waals surface area contributed by atoms with Gasteiger partial charge in [0.25, 0.3) is 5.91 Å². The molecule has 1 saturated carbocycles. The van der Waals surface area contributed by atoms with Gasteiger partial charge in [-0.1, -0.05) is 6.07 Å². The fraction of sp³-hybridized carbons (Fsp3) is 0.441. The van der Waals surface area contributed by atoms with Crippen LogP contribution in [-0.4, -0.2) is 60.4 Å². The van der Waals surface area contributed by atoms with Gasteiger partial charge in [0.05, 0.1) is 12.6 Å². The van der Waals surface area contributed by atoms with Crippen molar-refractivity contribution in [3.63, 3.8) is 0 Å². The van der Waals surface area contributed by atoms with E-state index in [9.17, 15) is 32.3 Å². The predicted octanol–water partition coefficient (Wildman–Crippen LogP) is 5.67. The lowest BCUT2D eigenvalue weighted by molar-refractivity contribution is -0.122. The van der Waals surface area contributed by atoms with E-state index >= 15 is 4.39 Å². The zero-order chi connectivity index (χ0) is 38.3. The first kappa shape index (κ1) is 39.2. The van der Waals surface area contributed by atoms with Gasteiger partial charge in [0.15, 0.2) is 29.1 Å². The molecule has 1 aliphatic rings. The molecule has 1 fully saturated rings. The van der Waals surface area contributed by atoms with E-state index in [0.29, 0.717) is 6.07 Å². The average molecular weight is 738 g/mol. The van der Waals surface area contributed by atoms with Gasteiger partial charge in [0.1, 0.15) is 23.3 Å². The van der Waals surface area contributed by atoms with Crippen molar-refractivity contribution in [2.75, 3.05) is 13.2 Å². The van der Waals surface area contributed by atoms with Gasteiger partial charge in [-0.25, -0.2) is 23.4 Å². The second-order valence-electron chi connectivity index (χ2n) is 12.9. The van der Waals surface area contributed by atoms with Crippen LogP contribution < -0.4 is 31.2 Å². The summed E-state index contributed by atoms with van der Waals surface area (Å²) in [7, 11) is 0. The quantitative estimate of drug-likeness (QED) is 0.141. The SMILES string of the molecule is CC(NC(=O)OC(C)(C)C)C(=O)NCC(NC(=O)c1nc(-c2ccc(OC(F)F)c(OCC3CC3)c2)oc1C(C)OC(N)=O)c1ccc(F)cc1F. The van der Waals surface area contributed by atoms with Crippen LogP contribution in [0.15, 0.2) is 40.8 Å². The maximum Gasteiger partial charge on any atom is 0.408 e. The minimum atomic E-state index is -3.14. The van der Waals surface area contributed by atoms with E-state index < -0.39 is 78.3 Å². The molecule has 4 amide bonds. The number of nitrogens with one attached hydrogen (secondary N) is 3. The number of carbonyl (C=O) groups excluding carboxylic acids is 4. The molecule has 1 aromatic heterocycles. The Morgan fingerprint density at radius 2 is 1.73 bits per heavy atom. The lowest BCUT2D eigenvalue weighted by Gasteiger charge is -2.23. The van der Waals surface area contributed by atoms with Crippen LogP contribution in [0.4, 0.5) is 27.2 Å². The van der Waals surface area contributed by atoms with Gasteiger partial charge >= 0.3 is 18.8 Å². The monoisotopic (exact) mass is 737 g/mol. The minimum absolute atomic E-state index is 0.0464. The van der Waals surface area contributed by atoms with Gasteiger partial charge in [-0.15, -0.1) is 0 Å². The number of hydrogen-bond donors (Lipinski definition) is 4. The van der Waals surface area contributed by atoms with Crippen LogP contribution in [0.25, 0.3) is 11.5 Å². The van der Waals surface area contributed by atoms with Crippen LogP contribution in [-0.2, 0) is 14.3 Å². The highest BCUT2D eigenvalue weighted by Crippen LogP contribution is 2.37. The lowest BCUT2D eigenvalue weighted by Crippen LogP contribution is -2.48. The predicted molar refractivity (Wildman–Crippen MR) is 174 cm³/mol. The molecule has 0 radical (unpaired) electrons. The van der Waals surface area contributed by atoms with Gasteiger partial charge in [0, 0.05) is 23.7 Å². The van der Waals surface area contributed by atoms with Crippen LogP contribution in [0.2, 0.25) is 0 Å². The van der Waals surface area contributed by atoms with Gasteiger partial charge < -0.3 is 45.0 Å². The van der Waals surface area contributed by atoms with Gasteiger partial charge in [-0.05, 0) is 77.6 Å². The summed E-state index contributed by atoms with van der Waals surface area (Å²) in [6.45, 7) is 4.23. The van der Waals surface area contributed by atoms with Crippen LogP contribution in [0.5, 0.6) is 11.5 Å². The normalized spacial score (nSPS) is 14.5. The summed E-state index contributed by atoms with van der Waals surface area (Å²) in [4.78, 5) is 54.7. The molecule has 3 unspecified atom stereocenters. The van der Waals surface area contributed by atoms with Crippen molar-refractivity contribution in [2.45, 2.75) is 77.9 Å². The highest BCUT2D eigenvalue weighted by atomic mass is 19.3. The number of primary amides is 1. The number of halogens is 4. The van der Waals surface area contributed by atoms with Crippen molar-refractivity contribution in [3.8, 4) is 23.0 Å². The smallest absolute Gasteiger partial charge is 0.408 e. The molecule has 1 aliphatic carbocycles. The van der Waals surface area contributed by atoms with E-state index in [1.807, 2.05) is 0 Å². The number of alkyl carbamates (subject to hydrolysis) is 1. The van der Waals surface area contributed by atoms with Crippen LogP contribution in [0.3, 0.4) is 0 Å². The Labute approximate surface area is 295 Å². The third-order valence-corrected chi connectivity index (χ3v) is 7.36. The number of aromatic nitrogens is 1. The molecule has 282 valence electrons. The minimum Gasteiger partial charge on any atom is -0.489 e. The Bertz CT molecular complexity index is 1780. The molecule has 0 saturated heterocycles. The number of carbonyl (C=O) groups is 4. The van der Waals surface area contributed by atoms with Crippen LogP contribution in [0, 0.1) is 17.6 Å². The summed E-state index contributed by atoms with van der Waals surface area (Å²) < 4.78 is 81.4. The number of alkyl halides is 2. The van der Waals surface area contributed by atoms with E-state index in [1.54, 1.807) is 20.8 Å². The third-order valence-electron chi connectivity index (χ3n) is 7.36. The van der Waals surface area contributed by atoms with Gasteiger partial charge in [-0.2, -0.15) is 8.78 Å². The number of ether oxygens (including phenoxy) is 4. The summed E-state index contributed by atoms with van der Waals surface area (Å²) in [6.07, 6.45) is -1.56. The maximum atomic E-state index is 15.1. The maximum absolute atomic E-state index is 15.1. The number of amides is 4. The number of rotatable bonds is 15. The average Bonchev–Trinajstić information content (AvgIpc) is 3.75. The molecule has 14 nitrogen and oxygen atoms in total. The van der Waals surface area contributed by atoms with E-state index in [4.69, 9.17) is 24.4 Å². The van der Waals surface area contributed by atoms with Crippen molar-refractivity contribution in [2.24, 2.45) is 11.7 Å². The summed E-state index contributed by atoms with van der Waals surface area (Å²) in [5.74, 6) is -4.31. The molecule has 2 aromatic carbocycles. The first-order valence-corrected chi connectivity index (χ1v) is 16.1. The summed E-state index contributed by atoms with van der Waals surface area (Å²) in [6, 6.07) is 3.92. The van der Waals surface area contributed by atoms with Crippen molar-refractivity contribution in [1.82, 2.24) is 20.9 Å². The largest absolute Gasteiger partial charge is 0.489 e. The number of oxazole rings is 1. The van der Waals surface area contributed by atoms with Crippen molar-refractivity contribution in [3.05, 3.63) is 65.1 Å². The van der Waals surface area contributed by atoms with E-state index in [1.165, 1.54) is 32.0 Å². The van der Waals surface area contributed by atoms with E-state index in [-0.39, 0.29) is 46.8 Å². The molecule has 3 atom stereocenters. The topological polar surface area (TPSA) is 193 Å². The van der Waals surface area contributed by atoms with E-state index in [0.717, 1.165) is 25.0 Å². The first-order valence-electron chi connectivity index (χ1n) is 16.1. The standard InChI is InChI=1S/C34H39F4N5O9/c1-16(41-33(47)52-34(3,4)5)28(44)40-14-23(21-10-9-20(35)13-22(21)36)42-29(45)26-27(17(2)49-32(39)46)51-30(43-26)19-8-11-24(50-31(37)38)25(12-19)48-15-18-6-7-18/h8-13,16-18,23,31H,6-7,14-15H2,1-5H3,(H2,39,46)(H,40,44)(H,41,47)(H,42,45). The Hall–Kier alpha value is -5.55. The highest BCUT2D eigenvalue weighted by molar-refractivity contribution is 5.94. The molecule has 0 aliphatic heterocycles. The third kappa shape index (κ3) is 11.2. The Morgan fingerprint density at radius 3 is 2.35 bits per heavy atom. The van der Waals surface area contributed by atoms with Gasteiger partial charge in [0.2, 0.25) is 11.8 Å². The molecule has 52 heavy (non-hydrogen) atoms. The molecule has 4 rings (SSSR count). The fourth-order valence-electron chi connectivity index (χ4n) is 4.72. The van der Waals surface area contributed by atoms with Crippen molar-refractivity contribution < 1.29 is 60.1 Å². The van der Waals surface area contributed by atoms with Crippen molar-refractivity contribution >= 4 is 24.0 Å². The zero-order valence-corrected chi connectivity index (χ0v) is 28.9. The molecular formula is C34H39F4N5O9. The molecule has 0 bridgehead atoms. The number of benzene rings is 2. The molecule has 1 heterocycles. The molecule has 18 heteroatoms. The highest BCUT2D eigenvalue weighted by Gasteiger charge is 2.31. The molecule has 3 aromatic rings. The summed E-state index contributed by atoms with van der Waals surface area (Å²) in [5, 5.41) is 7.38. The second-order valence-corrected chi connectivity index (χ2v) is 12.9. The summed E-state index contributed by atoms with van der Waals surface area (Å²) >= 11 is 0. The molecule has 5 N–H and O–H groups in total.